The van der Waals surface area contributed by atoms with Crippen LogP contribution in [0, 0.1) is 12.8 Å². The predicted octanol–water partition coefficient (Wildman–Crippen LogP) is 3.17. The zero-order chi connectivity index (χ0) is 15.8. The number of piperidine rings is 1. The van der Waals surface area contributed by atoms with E-state index in [1.165, 1.54) is 37.1 Å². The van der Waals surface area contributed by atoms with E-state index in [1.54, 1.807) is 0 Å². The summed E-state index contributed by atoms with van der Waals surface area (Å²) in [6, 6.07) is 8.40. The first-order valence-corrected chi connectivity index (χ1v) is 8.68. The van der Waals surface area contributed by atoms with Gasteiger partial charge in [-0.05, 0) is 63.7 Å². The molecule has 3 heteroatoms. The van der Waals surface area contributed by atoms with Gasteiger partial charge in [0.1, 0.15) is 0 Å². The van der Waals surface area contributed by atoms with Crippen molar-refractivity contribution >= 4 is 5.91 Å². The second-order valence-corrected chi connectivity index (χ2v) is 6.72. The average molecular weight is 302 g/mol. The number of hydrogen-bond acceptors (Lipinski definition) is 2. The molecule has 1 fully saturated rings. The highest BCUT2D eigenvalue weighted by Gasteiger charge is 2.14. The summed E-state index contributed by atoms with van der Waals surface area (Å²) in [7, 11) is 0. The fraction of sp³-hybridized carbons (Fsp3) is 0.632. The molecular formula is C19H30N2O. The van der Waals surface area contributed by atoms with Gasteiger partial charge in [-0.3, -0.25) is 4.79 Å². The van der Waals surface area contributed by atoms with Gasteiger partial charge in [0, 0.05) is 13.0 Å². The van der Waals surface area contributed by atoms with Crippen molar-refractivity contribution in [2.45, 2.75) is 46.0 Å². The summed E-state index contributed by atoms with van der Waals surface area (Å²) < 4.78 is 0. The SMILES string of the molecule is Cc1cccc(CCC(=O)NCCCN2CCC(C)CC2)c1. The van der Waals surface area contributed by atoms with E-state index >= 15 is 0 Å². The van der Waals surface area contributed by atoms with Crippen LogP contribution in [0.25, 0.3) is 0 Å². The molecule has 0 atom stereocenters. The van der Waals surface area contributed by atoms with Crippen molar-refractivity contribution < 1.29 is 4.79 Å². The van der Waals surface area contributed by atoms with Crippen LogP contribution < -0.4 is 5.32 Å². The second-order valence-electron chi connectivity index (χ2n) is 6.72. The predicted molar refractivity (Wildman–Crippen MR) is 92.0 cm³/mol. The zero-order valence-electron chi connectivity index (χ0n) is 14.1. The Labute approximate surface area is 135 Å². The maximum absolute atomic E-state index is 11.9. The first-order valence-electron chi connectivity index (χ1n) is 8.68. The van der Waals surface area contributed by atoms with Crippen LogP contribution >= 0.6 is 0 Å². The third-order valence-electron chi connectivity index (χ3n) is 4.57. The van der Waals surface area contributed by atoms with Gasteiger partial charge in [-0.2, -0.15) is 0 Å². The zero-order valence-corrected chi connectivity index (χ0v) is 14.1. The number of hydrogen-bond donors (Lipinski definition) is 1. The summed E-state index contributed by atoms with van der Waals surface area (Å²) in [4.78, 5) is 14.4. The number of nitrogens with zero attached hydrogens (tertiary/aromatic N) is 1. The van der Waals surface area contributed by atoms with Gasteiger partial charge in [0.25, 0.3) is 0 Å². The first-order chi connectivity index (χ1) is 10.6. The lowest BCUT2D eigenvalue weighted by atomic mass is 9.99. The Bertz CT molecular complexity index is 464. The van der Waals surface area contributed by atoms with Gasteiger partial charge in [0.05, 0.1) is 0 Å². The Balaban J connectivity index is 1.54. The summed E-state index contributed by atoms with van der Waals surface area (Å²) in [5, 5.41) is 3.05. The number of likely N-dealkylation sites (tertiary alicyclic amines) is 1. The van der Waals surface area contributed by atoms with Crippen LogP contribution in [0.4, 0.5) is 0 Å². The molecule has 3 nitrogen and oxygen atoms in total. The minimum atomic E-state index is 0.175. The fourth-order valence-electron chi connectivity index (χ4n) is 3.03. The van der Waals surface area contributed by atoms with E-state index in [-0.39, 0.29) is 5.91 Å². The van der Waals surface area contributed by atoms with Gasteiger partial charge in [-0.25, -0.2) is 0 Å². The third kappa shape index (κ3) is 6.18. The molecule has 0 saturated carbocycles. The van der Waals surface area contributed by atoms with Gasteiger partial charge < -0.3 is 10.2 Å². The monoisotopic (exact) mass is 302 g/mol. The summed E-state index contributed by atoms with van der Waals surface area (Å²) in [6.45, 7) is 8.80. The number of carbonyl (C=O) groups is 1. The molecule has 0 unspecified atom stereocenters. The van der Waals surface area contributed by atoms with Gasteiger partial charge >= 0.3 is 0 Å². The molecule has 1 aromatic carbocycles. The second kappa shape index (κ2) is 8.94. The number of carbonyl (C=O) groups excluding carboxylic acids is 1. The van der Waals surface area contributed by atoms with Crippen molar-refractivity contribution in [1.82, 2.24) is 10.2 Å². The number of rotatable bonds is 7. The standard InChI is InChI=1S/C19H30N2O/c1-16-9-13-21(14-10-16)12-4-11-20-19(22)8-7-18-6-3-5-17(2)15-18/h3,5-6,15-16H,4,7-14H2,1-2H3,(H,20,22). The lowest BCUT2D eigenvalue weighted by molar-refractivity contribution is -0.121. The molecule has 1 N–H and O–H groups in total. The van der Waals surface area contributed by atoms with Crippen LogP contribution in [0.2, 0.25) is 0 Å². The Morgan fingerprint density at radius 2 is 2.09 bits per heavy atom. The highest BCUT2D eigenvalue weighted by molar-refractivity contribution is 5.76. The molecule has 1 aromatic rings. The van der Waals surface area contributed by atoms with Gasteiger partial charge in [-0.1, -0.05) is 36.8 Å². The molecule has 22 heavy (non-hydrogen) atoms. The number of aryl methyl sites for hydroxylation is 2. The van der Waals surface area contributed by atoms with Crippen LogP contribution in [0.3, 0.4) is 0 Å². The molecule has 0 aromatic heterocycles. The van der Waals surface area contributed by atoms with Crippen molar-refractivity contribution in [2.24, 2.45) is 5.92 Å². The molecule has 1 aliphatic heterocycles. The summed E-state index contributed by atoms with van der Waals surface area (Å²) >= 11 is 0. The highest BCUT2D eigenvalue weighted by atomic mass is 16.1. The van der Waals surface area contributed by atoms with Crippen LogP contribution in [-0.2, 0) is 11.2 Å². The van der Waals surface area contributed by atoms with Gasteiger partial charge in [-0.15, -0.1) is 0 Å². The molecule has 1 amide bonds. The number of amides is 1. The summed E-state index contributed by atoms with van der Waals surface area (Å²) in [5.41, 5.74) is 2.51. The van der Waals surface area contributed by atoms with Crippen LogP contribution in [0.5, 0.6) is 0 Å². The maximum atomic E-state index is 11.9. The Morgan fingerprint density at radius 3 is 2.82 bits per heavy atom. The minimum absolute atomic E-state index is 0.175. The molecule has 0 aliphatic carbocycles. The van der Waals surface area contributed by atoms with E-state index in [4.69, 9.17) is 0 Å². The Hall–Kier alpha value is -1.35. The molecular weight excluding hydrogens is 272 g/mol. The van der Waals surface area contributed by atoms with Crippen molar-refractivity contribution in [1.29, 1.82) is 0 Å². The van der Waals surface area contributed by atoms with Crippen LogP contribution in [-0.4, -0.2) is 37.0 Å². The van der Waals surface area contributed by atoms with Gasteiger partial charge in [0.15, 0.2) is 0 Å². The highest BCUT2D eigenvalue weighted by Crippen LogP contribution is 2.15. The van der Waals surface area contributed by atoms with Gasteiger partial charge in [0.2, 0.25) is 5.91 Å². The van der Waals surface area contributed by atoms with E-state index in [0.717, 1.165) is 31.8 Å². The van der Waals surface area contributed by atoms with E-state index < -0.39 is 0 Å². The molecule has 1 saturated heterocycles. The van der Waals surface area contributed by atoms with Crippen molar-refractivity contribution in [3.8, 4) is 0 Å². The van der Waals surface area contributed by atoms with Crippen molar-refractivity contribution in [3.63, 3.8) is 0 Å². The summed E-state index contributed by atoms with van der Waals surface area (Å²) in [5.74, 6) is 1.06. The molecule has 1 aliphatic rings. The third-order valence-corrected chi connectivity index (χ3v) is 4.57. The molecule has 2 rings (SSSR count). The average Bonchev–Trinajstić information content (AvgIpc) is 2.51. The molecule has 0 radical (unpaired) electrons. The molecule has 0 spiro atoms. The Morgan fingerprint density at radius 1 is 1.32 bits per heavy atom. The topological polar surface area (TPSA) is 32.3 Å². The Kier molecular flexibility index (Phi) is 6.91. The fourth-order valence-corrected chi connectivity index (χ4v) is 3.03. The van der Waals surface area contributed by atoms with Crippen LogP contribution in [0.1, 0.15) is 43.7 Å². The lowest BCUT2D eigenvalue weighted by Gasteiger charge is -2.30. The molecule has 1 heterocycles. The van der Waals surface area contributed by atoms with E-state index in [9.17, 15) is 4.79 Å². The number of benzene rings is 1. The van der Waals surface area contributed by atoms with Crippen molar-refractivity contribution in [2.75, 3.05) is 26.2 Å². The maximum Gasteiger partial charge on any atom is 0.220 e. The largest absolute Gasteiger partial charge is 0.356 e. The summed E-state index contributed by atoms with van der Waals surface area (Å²) in [6.07, 6.45) is 5.12. The quantitative estimate of drug-likeness (QED) is 0.785. The van der Waals surface area contributed by atoms with E-state index in [0.29, 0.717) is 6.42 Å². The molecule has 0 bridgehead atoms. The normalized spacial score (nSPS) is 16.6. The minimum Gasteiger partial charge on any atom is -0.356 e. The molecule has 122 valence electrons. The van der Waals surface area contributed by atoms with E-state index in [1.807, 2.05) is 0 Å². The van der Waals surface area contributed by atoms with Crippen LogP contribution in [0.15, 0.2) is 24.3 Å². The first kappa shape index (κ1) is 17.0. The van der Waals surface area contributed by atoms with Crippen molar-refractivity contribution in [3.05, 3.63) is 35.4 Å². The van der Waals surface area contributed by atoms with E-state index in [2.05, 4.69) is 48.3 Å². The smallest absolute Gasteiger partial charge is 0.220 e. The lowest BCUT2D eigenvalue weighted by Crippen LogP contribution is -2.35. The number of nitrogens with one attached hydrogen (secondary N) is 1.